The Balaban J connectivity index is 2.24. The summed E-state index contributed by atoms with van der Waals surface area (Å²) in [5, 5.41) is 1.48. The lowest BCUT2D eigenvalue weighted by atomic mass is 10.2. The Bertz CT molecular complexity index is 460. The van der Waals surface area contributed by atoms with Crippen LogP contribution in [0.3, 0.4) is 0 Å². The molecule has 2 aromatic rings. The van der Waals surface area contributed by atoms with E-state index in [2.05, 4.69) is 22.2 Å². The van der Waals surface area contributed by atoms with Gasteiger partial charge >= 0.3 is 0 Å². The summed E-state index contributed by atoms with van der Waals surface area (Å²) in [5.41, 5.74) is 1.84. The molecule has 0 amide bonds. The maximum Gasteiger partial charge on any atom is 0.181 e. The number of benzene rings is 1. The van der Waals surface area contributed by atoms with Crippen LogP contribution >= 0.6 is 12.2 Å². The summed E-state index contributed by atoms with van der Waals surface area (Å²) in [5.74, 6) is 0.750. The molecule has 0 aliphatic heterocycles. The zero-order valence-electron chi connectivity index (χ0n) is 7.83. The highest BCUT2D eigenvalue weighted by Gasteiger charge is 1.99. The van der Waals surface area contributed by atoms with Crippen LogP contribution in [0.25, 0.3) is 11.3 Å². The van der Waals surface area contributed by atoms with E-state index in [4.69, 9.17) is 4.42 Å². The third kappa shape index (κ3) is 2.35. The molecule has 0 unspecified atom stereocenters. The van der Waals surface area contributed by atoms with Crippen LogP contribution in [0.15, 0.2) is 46.3 Å². The Morgan fingerprint density at radius 3 is 2.67 bits per heavy atom. The van der Waals surface area contributed by atoms with Crippen LogP contribution < -0.4 is 0 Å². The number of hydrogen-bond acceptors (Lipinski definition) is 4. The van der Waals surface area contributed by atoms with Crippen LogP contribution in [0.2, 0.25) is 0 Å². The monoisotopic (exact) mass is 216 g/mol. The summed E-state index contributed by atoms with van der Waals surface area (Å²) in [6, 6.07) is 7.65. The van der Waals surface area contributed by atoms with Crippen molar-refractivity contribution in [2.75, 3.05) is 0 Å². The van der Waals surface area contributed by atoms with Gasteiger partial charge in [0.2, 0.25) is 0 Å². The second-order valence-electron chi connectivity index (χ2n) is 2.83. The number of rotatable bonds is 3. The number of hydrogen-bond donors (Lipinski definition) is 0. The summed E-state index contributed by atoms with van der Waals surface area (Å²) < 4.78 is 5.17. The number of nitrogens with zero attached hydrogens (tertiary/aromatic N) is 2. The van der Waals surface area contributed by atoms with Crippen LogP contribution in [0, 0.1) is 0 Å². The van der Waals surface area contributed by atoms with E-state index in [1.165, 1.54) is 11.8 Å². The zero-order valence-corrected chi connectivity index (χ0v) is 8.65. The zero-order chi connectivity index (χ0) is 10.5. The molecule has 2 rings (SSSR count). The number of aliphatic imine (C=N–C) groups is 1. The molecule has 0 radical (unpaired) electrons. The second-order valence-corrected chi connectivity index (χ2v) is 3.10. The van der Waals surface area contributed by atoms with Crippen molar-refractivity contribution in [1.29, 1.82) is 0 Å². The third-order valence-corrected chi connectivity index (χ3v) is 1.99. The number of oxazole rings is 1. The van der Waals surface area contributed by atoms with E-state index in [1.54, 1.807) is 12.4 Å². The summed E-state index contributed by atoms with van der Waals surface area (Å²) >= 11 is 4.64. The van der Waals surface area contributed by atoms with Gasteiger partial charge < -0.3 is 4.42 Å². The molecule has 0 spiro atoms. The van der Waals surface area contributed by atoms with E-state index in [9.17, 15) is 0 Å². The standard InChI is InChI=1S/C11H8N2OS/c15-6-5-13-10-3-1-9(2-4-10)11-7-12-8-14-11/h1-8H. The number of thiocarbonyl (C=S) groups is 1. The molecule has 1 heterocycles. The van der Waals surface area contributed by atoms with Gasteiger partial charge in [-0.1, -0.05) is 12.2 Å². The SMILES string of the molecule is S=CC=Nc1ccc(-c2cnco2)cc1. The summed E-state index contributed by atoms with van der Waals surface area (Å²) in [4.78, 5) is 7.97. The lowest BCUT2D eigenvalue weighted by Gasteiger charge is -1.96. The molecule has 1 aromatic heterocycles. The van der Waals surface area contributed by atoms with Crippen molar-refractivity contribution in [3.8, 4) is 11.3 Å². The smallest absolute Gasteiger partial charge is 0.181 e. The van der Waals surface area contributed by atoms with Gasteiger partial charge in [-0.2, -0.15) is 0 Å². The minimum absolute atomic E-state index is 0.750. The maximum absolute atomic E-state index is 5.17. The van der Waals surface area contributed by atoms with Gasteiger partial charge in [-0.05, 0) is 24.3 Å². The highest BCUT2D eigenvalue weighted by molar-refractivity contribution is 7.80. The molecule has 0 N–H and O–H groups in total. The first-order valence-corrected chi connectivity index (χ1v) is 4.84. The van der Waals surface area contributed by atoms with Gasteiger partial charge in [0.05, 0.1) is 11.9 Å². The van der Waals surface area contributed by atoms with Crippen molar-refractivity contribution >= 4 is 29.5 Å². The third-order valence-electron chi connectivity index (χ3n) is 1.87. The second kappa shape index (κ2) is 4.61. The highest BCUT2D eigenvalue weighted by Crippen LogP contribution is 2.21. The fourth-order valence-corrected chi connectivity index (χ4v) is 1.25. The van der Waals surface area contributed by atoms with Gasteiger partial charge in [0.25, 0.3) is 0 Å². The van der Waals surface area contributed by atoms with Crippen molar-refractivity contribution in [2.24, 2.45) is 4.99 Å². The molecule has 0 aliphatic rings. The van der Waals surface area contributed by atoms with Crippen LogP contribution in [-0.4, -0.2) is 16.6 Å². The molecule has 15 heavy (non-hydrogen) atoms. The van der Waals surface area contributed by atoms with E-state index in [0.29, 0.717) is 0 Å². The van der Waals surface area contributed by atoms with Crippen LogP contribution in [0.1, 0.15) is 0 Å². The molecular weight excluding hydrogens is 208 g/mol. The van der Waals surface area contributed by atoms with Crippen molar-refractivity contribution in [3.63, 3.8) is 0 Å². The van der Waals surface area contributed by atoms with Crippen LogP contribution in [0.5, 0.6) is 0 Å². The first kappa shape index (κ1) is 9.73. The van der Waals surface area contributed by atoms with Crippen molar-refractivity contribution in [2.45, 2.75) is 0 Å². The topological polar surface area (TPSA) is 38.4 Å². The summed E-state index contributed by atoms with van der Waals surface area (Å²) in [6.07, 6.45) is 4.67. The normalized spacial score (nSPS) is 10.7. The van der Waals surface area contributed by atoms with Gasteiger partial charge in [-0.25, -0.2) is 4.98 Å². The van der Waals surface area contributed by atoms with Gasteiger partial charge in [0, 0.05) is 17.1 Å². The molecule has 0 saturated heterocycles. The minimum atomic E-state index is 0.750. The van der Waals surface area contributed by atoms with Gasteiger partial charge in [-0.3, -0.25) is 4.99 Å². The molecule has 0 aliphatic carbocycles. The Morgan fingerprint density at radius 2 is 2.07 bits per heavy atom. The molecule has 0 atom stereocenters. The first-order chi connectivity index (χ1) is 7.40. The largest absolute Gasteiger partial charge is 0.444 e. The average molecular weight is 216 g/mol. The average Bonchev–Trinajstić information content (AvgIpc) is 2.80. The van der Waals surface area contributed by atoms with E-state index in [-0.39, 0.29) is 0 Å². The molecule has 3 nitrogen and oxygen atoms in total. The maximum atomic E-state index is 5.17. The Labute approximate surface area is 92.5 Å². The van der Waals surface area contributed by atoms with Gasteiger partial charge in [-0.15, -0.1) is 0 Å². The van der Waals surface area contributed by atoms with Crippen LogP contribution in [0.4, 0.5) is 5.69 Å². The van der Waals surface area contributed by atoms with E-state index in [0.717, 1.165) is 17.0 Å². The Hall–Kier alpha value is -1.81. The van der Waals surface area contributed by atoms with Crippen LogP contribution in [-0.2, 0) is 0 Å². The van der Waals surface area contributed by atoms with Gasteiger partial charge in [0.15, 0.2) is 12.2 Å². The quantitative estimate of drug-likeness (QED) is 0.584. The highest BCUT2D eigenvalue weighted by atomic mass is 32.1. The minimum Gasteiger partial charge on any atom is -0.444 e. The fourth-order valence-electron chi connectivity index (χ4n) is 1.19. The van der Waals surface area contributed by atoms with E-state index >= 15 is 0 Å². The Morgan fingerprint density at radius 1 is 1.27 bits per heavy atom. The van der Waals surface area contributed by atoms with E-state index in [1.807, 2.05) is 24.3 Å². The number of aromatic nitrogens is 1. The van der Waals surface area contributed by atoms with Gasteiger partial charge in [0.1, 0.15) is 0 Å². The molecule has 0 saturated carbocycles. The lowest BCUT2D eigenvalue weighted by Crippen LogP contribution is -1.74. The first-order valence-electron chi connectivity index (χ1n) is 4.37. The molecule has 4 heteroatoms. The molecule has 1 aromatic carbocycles. The molecule has 0 bridgehead atoms. The molecular formula is C11H8N2OS. The van der Waals surface area contributed by atoms with Crippen molar-refractivity contribution < 1.29 is 4.42 Å². The lowest BCUT2D eigenvalue weighted by molar-refractivity contribution is 0.572. The predicted molar refractivity (Wildman–Crippen MR) is 63.7 cm³/mol. The van der Waals surface area contributed by atoms with Crippen molar-refractivity contribution in [3.05, 3.63) is 36.9 Å². The Kier molecular flexibility index (Phi) is 2.99. The summed E-state index contributed by atoms with van der Waals surface area (Å²) in [7, 11) is 0. The van der Waals surface area contributed by atoms with E-state index < -0.39 is 0 Å². The summed E-state index contributed by atoms with van der Waals surface area (Å²) in [6.45, 7) is 0. The van der Waals surface area contributed by atoms with Crippen molar-refractivity contribution in [1.82, 2.24) is 4.98 Å². The predicted octanol–water partition coefficient (Wildman–Crippen LogP) is 3.04. The fraction of sp³-hybridized carbons (Fsp3) is 0. The molecule has 74 valence electrons. The molecule has 0 fully saturated rings.